The average Bonchev–Trinajstić information content (AvgIpc) is 2.81. The van der Waals surface area contributed by atoms with Crippen LogP contribution >= 0.6 is 0 Å². The highest BCUT2D eigenvalue weighted by Gasteiger charge is 2.31. The van der Waals surface area contributed by atoms with E-state index in [4.69, 9.17) is 28.9 Å². The third kappa shape index (κ3) is 6.05. The summed E-state index contributed by atoms with van der Waals surface area (Å²) in [6.07, 6.45) is 0. The molecule has 2 aromatic heterocycles. The van der Waals surface area contributed by atoms with E-state index in [1.54, 1.807) is 14.2 Å². The molecule has 0 saturated heterocycles. The molecule has 6 nitrogen and oxygen atoms in total. The first-order chi connectivity index (χ1) is 16.5. The van der Waals surface area contributed by atoms with E-state index in [1.807, 2.05) is 41.5 Å². The van der Waals surface area contributed by atoms with E-state index in [1.165, 1.54) is 0 Å². The lowest BCUT2D eigenvalue weighted by Crippen LogP contribution is -2.35. The van der Waals surface area contributed by atoms with Crippen LogP contribution in [0.4, 0.5) is 0 Å². The normalized spacial score (nSPS) is 13.7. The number of aromatic nitrogens is 2. The van der Waals surface area contributed by atoms with Crippen LogP contribution < -0.4 is 0 Å². The molecule has 0 bridgehead atoms. The SMILES string of the molecule is COC(C)(C)COC(C)(C)c1cc(C)nc2c1ccc1c(C(C)(C)OCC(C)(C)OC)cc(C)nc12. The van der Waals surface area contributed by atoms with Crippen LogP contribution in [0.15, 0.2) is 24.3 Å². The molecule has 198 valence electrons. The molecule has 2 heterocycles. The summed E-state index contributed by atoms with van der Waals surface area (Å²) in [6, 6.07) is 8.51. The van der Waals surface area contributed by atoms with Gasteiger partial charge in [0.1, 0.15) is 0 Å². The minimum Gasteiger partial charge on any atom is -0.376 e. The Morgan fingerprint density at radius 3 is 1.25 bits per heavy atom. The molecule has 0 aliphatic carbocycles. The fourth-order valence-corrected chi connectivity index (χ4v) is 4.21. The summed E-state index contributed by atoms with van der Waals surface area (Å²) in [5, 5.41) is 2.08. The minimum atomic E-state index is -0.545. The molecule has 36 heavy (non-hydrogen) atoms. The van der Waals surface area contributed by atoms with Gasteiger partial charge in [0.05, 0.1) is 46.7 Å². The van der Waals surface area contributed by atoms with Crippen LogP contribution in [0.1, 0.15) is 77.9 Å². The molecule has 1 aromatic carbocycles. The van der Waals surface area contributed by atoms with Gasteiger partial charge in [-0.15, -0.1) is 0 Å². The zero-order valence-electron chi connectivity index (χ0n) is 24.3. The number of ether oxygens (including phenoxy) is 4. The van der Waals surface area contributed by atoms with Crippen LogP contribution in [0.5, 0.6) is 0 Å². The first-order valence-corrected chi connectivity index (χ1v) is 12.6. The Hall–Kier alpha value is -2.12. The van der Waals surface area contributed by atoms with Crippen molar-refractivity contribution in [3.05, 3.63) is 46.8 Å². The minimum absolute atomic E-state index is 0.377. The van der Waals surface area contributed by atoms with Crippen molar-refractivity contribution < 1.29 is 18.9 Å². The van der Waals surface area contributed by atoms with Crippen molar-refractivity contribution in [3.8, 4) is 0 Å². The van der Waals surface area contributed by atoms with Gasteiger partial charge in [0.15, 0.2) is 0 Å². The molecule has 0 aliphatic heterocycles. The lowest BCUT2D eigenvalue weighted by molar-refractivity contribution is -0.109. The first kappa shape index (κ1) is 28.5. The Morgan fingerprint density at radius 2 is 0.944 bits per heavy atom. The number of fused-ring (bicyclic) bond motifs is 3. The maximum Gasteiger partial charge on any atom is 0.0971 e. The largest absolute Gasteiger partial charge is 0.376 e. The average molecular weight is 497 g/mol. The van der Waals surface area contributed by atoms with Gasteiger partial charge < -0.3 is 18.9 Å². The Bertz CT molecular complexity index is 1150. The molecule has 0 amide bonds. The number of methoxy groups -OCH3 is 2. The van der Waals surface area contributed by atoms with Gasteiger partial charge in [-0.3, -0.25) is 9.97 Å². The van der Waals surface area contributed by atoms with E-state index in [2.05, 4.69) is 52.0 Å². The predicted molar refractivity (Wildman–Crippen MR) is 147 cm³/mol. The maximum absolute atomic E-state index is 6.42. The van der Waals surface area contributed by atoms with E-state index in [0.29, 0.717) is 13.2 Å². The van der Waals surface area contributed by atoms with Crippen LogP contribution in [0.25, 0.3) is 21.8 Å². The van der Waals surface area contributed by atoms with Crippen molar-refractivity contribution in [3.63, 3.8) is 0 Å². The smallest absolute Gasteiger partial charge is 0.0971 e. The molecule has 0 aliphatic rings. The van der Waals surface area contributed by atoms with Gasteiger partial charge in [0, 0.05) is 36.4 Å². The number of nitrogens with zero attached hydrogens (tertiary/aromatic N) is 2. The van der Waals surface area contributed by atoms with Gasteiger partial charge in [0.2, 0.25) is 0 Å². The van der Waals surface area contributed by atoms with Crippen molar-refractivity contribution in [1.82, 2.24) is 9.97 Å². The topological polar surface area (TPSA) is 62.7 Å². The van der Waals surface area contributed by atoms with E-state index >= 15 is 0 Å². The third-order valence-corrected chi connectivity index (χ3v) is 6.98. The molecular weight excluding hydrogens is 452 g/mol. The van der Waals surface area contributed by atoms with Gasteiger partial charge in [-0.2, -0.15) is 0 Å². The standard InChI is InChI=1S/C30H44N2O4/c1-19-15-23(29(7,8)35-17-27(3,4)33-11)21-13-14-22-24(16-20(2)32-26(22)25(21)31-19)30(9,10)36-18-28(5,6)34-12/h13-16H,17-18H2,1-12H3. The number of hydrogen-bond donors (Lipinski definition) is 0. The summed E-state index contributed by atoms with van der Waals surface area (Å²) < 4.78 is 24.0. The van der Waals surface area contributed by atoms with Crippen LogP contribution in [0.3, 0.4) is 0 Å². The zero-order chi connectivity index (χ0) is 27.1. The molecule has 0 radical (unpaired) electrons. The van der Waals surface area contributed by atoms with Gasteiger partial charge >= 0.3 is 0 Å². The summed E-state index contributed by atoms with van der Waals surface area (Å²) in [7, 11) is 3.42. The van der Waals surface area contributed by atoms with Crippen LogP contribution in [-0.2, 0) is 30.1 Å². The monoisotopic (exact) mass is 496 g/mol. The van der Waals surface area contributed by atoms with Gasteiger partial charge in [-0.1, -0.05) is 12.1 Å². The maximum atomic E-state index is 6.42. The van der Waals surface area contributed by atoms with E-state index < -0.39 is 11.2 Å². The van der Waals surface area contributed by atoms with Crippen molar-refractivity contribution in [2.45, 2.75) is 91.6 Å². The fraction of sp³-hybridized carbons (Fsp3) is 0.600. The summed E-state index contributed by atoms with van der Waals surface area (Å²) >= 11 is 0. The summed E-state index contributed by atoms with van der Waals surface area (Å²) in [5.74, 6) is 0. The number of rotatable bonds is 10. The second-order valence-electron chi connectivity index (χ2n) is 12.0. The zero-order valence-corrected chi connectivity index (χ0v) is 24.3. The van der Waals surface area contributed by atoms with Crippen molar-refractivity contribution >= 4 is 21.8 Å². The summed E-state index contributed by atoms with van der Waals surface area (Å²) in [5.41, 5.74) is 3.93. The van der Waals surface area contributed by atoms with Crippen LogP contribution in [0.2, 0.25) is 0 Å². The molecule has 0 atom stereocenters. The highest BCUT2D eigenvalue weighted by molar-refractivity contribution is 6.05. The van der Waals surface area contributed by atoms with E-state index in [-0.39, 0.29) is 11.2 Å². The Labute approximate surface area is 216 Å². The van der Waals surface area contributed by atoms with Gasteiger partial charge in [-0.25, -0.2) is 0 Å². The quantitative estimate of drug-likeness (QED) is 0.289. The molecule has 6 heteroatoms. The number of aryl methyl sites for hydroxylation is 2. The fourth-order valence-electron chi connectivity index (χ4n) is 4.21. The summed E-state index contributed by atoms with van der Waals surface area (Å²) in [6.45, 7) is 21.5. The lowest BCUT2D eigenvalue weighted by Gasteiger charge is -2.33. The Balaban J connectivity index is 2.17. The molecule has 0 unspecified atom stereocenters. The first-order valence-electron chi connectivity index (χ1n) is 12.6. The highest BCUT2D eigenvalue weighted by atomic mass is 16.6. The molecular formula is C30H44N2O4. The predicted octanol–water partition coefficient (Wildman–Crippen LogP) is 6.75. The second kappa shape index (κ2) is 9.97. The van der Waals surface area contributed by atoms with Crippen molar-refractivity contribution in [2.75, 3.05) is 27.4 Å². The second-order valence-corrected chi connectivity index (χ2v) is 12.0. The van der Waals surface area contributed by atoms with Crippen LogP contribution in [0, 0.1) is 13.8 Å². The third-order valence-electron chi connectivity index (χ3n) is 6.98. The molecule has 0 N–H and O–H groups in total. The number of pyridine rings is 2. The van der Waals surface area contributed by atoms with Gasteiger partial charge in [-0.05, 0) is 92.5 Å². The molecule has 3 rings (SSSR count). The Morgan fingerprint density at radius 1 is 0.611 bits per heavy atom. The van der Waals surface area contributed by atoms with Crippen molar-refractivity contribution in [1.29, 1.82) is 0 Å². The number of hydrogen-bond acceptors (Lipinski definition) is 6. The molecule has 3 aromatic rings. The molecule has 0 spiro atoms. The molecule has 0 saturated carbocycles. The van der Waals surface area contributed by atoms with Gasteiger partial charge in [0.25, 0.3) is 0 Å². The van der Waals surface area contributed by atoms with E-state index in [0.717, 1.165) is 44.3 Å². The Kier molecular flexibility index (Phi) is 7.88. The van der Waals surface area contributed by atoms with Crippen molar-refractivity contribution in [2.24, 2.45) is 0 Å². The van der Waals surface area contributed by atoms with Crippen LogP contribution in [-0.4, -0.2) is 48.6 Å². The molecule has 0 fully saturated rings. The lowest BCUT2D eigenvalue weighted by atomic mass is 9.89. The van der Waals surface area contributed by atoms with E-state index in [9.17, 15) is 0 Å². The summed E-state index contributed by atoms with van der Waals surface area (Å²) in [4.78, 5) is 9.92. The highest BCUT2D eigenvalue weighted by Crippen LogP contribution is 2.38. The number of benzene rings is 1.